The first-order valence-electron chi connectivity index (χ1n) is 19.2. The number of benzene rings is 5. The van der Waals surface area contributed by atoms with Gasteiger partial charge in [-0.3, -0.25) is 22.8 Å². The zero-order chi connectivity index (χ0) is 51.8. The largest absolute Gasteiger partial charge is 0.491 e. The molecule has 0 saturated heterocycles. The summed E-state index contributed by atoms with van der Waals surface area (Å²) in [6, 6.07) is 18.7. The summed E-state index contributed by atoms with van der Waals surface area (Å²) in [5, 5.41) is 35.8. The summed E-state index contributed by atoms with van der Waals surface area (Å²) in [5.41, 5.74) is 0.0129. The van der Waals surface area contributed by atoms with Gasteiger partial charge in [-0.15, -0.1) is 9.45 Å². The Balaban J connectivity index is 1.29. The number of hydrogen-bond donors (Lipinski definition) is 9. The van der Waals surface area contributed by atoms with Gasteiger partial charge in [0.2, 0.25) is 17.8 Å². The second kappa shape index (κ2) is 22.3. The zero-order valence-corrected chi connectivity index (χ0v) is 40.2. The van der Waals surface area contributed by atoms with Crippen LogP contribution in [0.4, 0.5) is 52.0 Å². The summed E-state index contributed by atoms with van der Waals surface area (Å²) in [6.45, 7) is -0.680. The van der Waals surface area contributed by atoms with E-state index in [4.69, 9.17) is 9.99 Å². The minimum atomic E-state index is -4.92. The summed E-state index contributed by atoms with van der Waals surface area (Å²) in [4.78, 5) is 10.8. The van der Waals surface area contributed by atoms with E-state index < -0.39 is 76.8 Å². The van der Waals surface area contributed by atoms with E-state index in [1.165, 1.54) is 60.7 Å². The Morgan fingerprint density at radius 3 is 1.83 bits per heavy atom. The molecule has 29 nitrogen and oxygen atoms in total. The Morgan fingerprint density at radius 1 is 0.563 bits per heavy atom. The number of ether oxygens (including phenoxy) is 1. The van der Waals surface area contributed by atoms with Crippen molar-refractivity contribution in [3.63, 3.8) is 0 Å². The number of hydrogen-bond acceptors (Lipinski definition) is 25. The van der Waals surface area contributed by atoms with Crippen LogP contribution in [0.5, 0.6) is 5.75 Å². The number of azo groups is 2. The molecule has 0 fully saturated rings. The number of anilines is 5. The van der Waals surface area contributed by atoms with Gasteiger partial charge in [0.1, 0.15) is 26.1 Å². The third kappa shape index (κ3) is 16.0. The molecule has 9 N–H and O–H groups in total. The van der Waals surface area contributed by atoms with Crippen LogP contribution in [0.25, 0.3) is 10.8 Å². The number of rotatable bonds is 23. The number of nitrogens with one attached hydrogen (secondary N) is 3. The van der Waals surface area contributed by atoms with Crippen molar-refractivity contribution < 1.29 is 84.2 Å². The van der Waals surface area contributed by atoms with E-state index in [9.17, 15) is 64.9 Å². The second-order valence-electron chi connectivity index (χ2n) is 14.0. The van der Waals surface area contributed by atoms with Gasteiger partial charge in [0, 0.05) is 34.0 Å². The molecular formula is C36H34N10O19S6. The Kier molecular flexibility index (Phi) is 16.9. The van der Waals surface area contributed by atoms with Crippen LogP contribution in [0.1, 0.15) is 6.42 Å². The van der Waals surface area contributed by atoms with E-state index >= 15 is 0 Å². The minimum Gasteiger partial charge on any atom is -0.491 e. The third-order valence-electron chi connectivity index (χ3n) is 8.80. The van der Waals surface area contributed by atoms with E-state index in [0.717, 1.165) is 30.3 Å². The lowest BCUT2D eigenvalue weighted by atomic mass is 10.1. The first-order chi connectivity index (χ1) is 33.2. The molecule has 0 unspecified atom stereocenters. The second-order valence-corrected chi connectivity index (χ2v) is 22.0. The summed E-state index contributed by atoms with van der Waals surface area (Å²) < 4.78 is 176. The number of aromatic nitrogens is 3. The average Bonchev–Trinajstić information content (AvgIpc) is 3.27. The van der Waals surface area contributed by atoms with Gasteiger partial charge in [0.05, 0.1) is 52.9 Å². The molecule has 35 heteroatoms. The quantitative estimate of drug-likeness (QED) is 0.00828. The molecule has 71 heavy (non-hydrogen) atoms. The van der Waals surface area contributed by atoms with E-state index in [1.54, 1.807) is 0 Å². The molecule has 6 rings (SSSR count). The molecule has 1 aromatic heterocycles. The Labute approximate surface area is 406 Å². The predicted octanol–water partition coefficient (Wildman–Crippen LogP) is 6.47. The van der Waals surface area contributed by atoms with E-state index in [-0.39, 0.29) is 87.3 Å². The molecule has 1 heterocycles. The topological polar surface area (TPSA) is 444 Å². The summed E-state index contributed by atoms with van der Waals surface area (Å²) >= 11 is 0.402. The van der Waals surface area contributed by atoms with Crippen LogP contribution in [0.2, 0.25) is 0 Å². The van der Waals surface area contributed by atoms with Crippen molar-refractivity contribution >= 4 is 125 Å². The van der Waals surface area contributed by atoms with Crippen LogP contribution in [0.3, 0.4) is 0 Å². The molecule has 5 aromatic carbocycles. The fourth-order valence-corrected chi connectivity index (χ4v) is 9.25. The van der Waals surface area contributed by atoms with Gasteiger partial charge in [-0.05, 0) is 79.2 Å². The van der Waals surface area contributed by atoms with Crippen LogP contribution < -0.4 is 20.7 Å². The lowest BCUT2D eigenvalue weighted by molar-refractivity contribution is -0.432. The third-order valence-corrected chi connectivity index (χ3v) is 13.6. The molecule has 378 valence electrons. The molecule has 0 amide bonds. The molecule has 0 spiro atoms. The van der Waals surface area contributed by atoms with Crippen LogP contribution in [-0.4, -0.2) is 110 Å². The zero-order valence-electron chi connectivity index (χ0n) is 35.3. The average molecular weight is 1100 g/mol. The van der Waals surface area contributed by atoms with E-state index in [0.29, 0.717) is 17.7 Å². The Hall–Kier alpha value is -6.45. The van der Waals surface area contributed by atoms with Gasteiger partial charge in [0.25, 0.3) is 50.6 Å². The molecule has 0 atom stereocenters. The molecule has 6 aromatic rings. The maximum Gasteiger partial charge on any atom is 0.296 e. The molecule has 0 aliphatic rings. The fourth-order valence-electron chi connectivity index (χ4n) is 5.86. The molecule has 0 bridgehead atoms. The Morgan fingerprint density at radius 2 is 1.18 bits per heavy atom. The maximum atomic E-state index is 12.2. The Bertz CT molecular complexity index is 3610. The molecular weight excluding hydrogens is 1070 g/mol. The highest BCUT2D eigenvalue weighted by Gasteiger charge is 2.22. The molecule has 0 saturated carbocycles. The molecule has 0 aliphatic carbocycles. The van der Waals surface area contributed by atoms with E-state index in [2.05, 4.69) is 60.7 Å². The summed E-state index contributed by atoms with van der Waals surface area (Å²) in [7, 11) is -23.5. The van der Waals surface area contributed by atoms with Crippen molar-refractivity contribution in [2.45, 2.75) is 26.0 Å². The summed E-state index contributed by atoms with van der Waals surface area (Å²) in [5.74, 6) is -2.13. The van der Waals surface area contributed by atoms with E-state index in [1.807, 2.05) is 0 Å². The standard InChI is InChI=1S/C36H34N10O19S6/c47-64-65-66-25-10-12-29(33(20-25)71(60,61)62)46-44-23-9-11-28(30(18-23)63-14-2-15-67(48,49)50)39-36-41-34(37-13-16-68(51,52)53)40-35(42-36)38-21-5-7-22(8-6-21)43-45-24-17-27-26(32(19-24)70(57,58)59)3-1-4-31(27)69(54,55)56/h1,3-12,17-20,47H,2,13-16H2,(H,48,49,50)(H,51,52,53)(H,54,55,56)(H,57,58,59)(H,60,61,62)(H3,37,38,39,40,41,42). The van der Waals surface area contributed by atoms with Gasteiger partial charge in [0.15, 0.2) is 0 Å². The van der Waals surface area contributed by atoms with Gasteiger partial charge in [-0.2, -0.15) is 72.4 Å². The van der Waals surface area contributed by atoms with Crippen LogP contribution in [0.15, 0.2) is 131 Å². The van der Waals surface area contributed by atoms with Crippen molar-refractivity contribution in [3.05, 3.63) is 91.0 Å². The monoisotopic (exact) mass is 1100 g/mol. The van der Waals surface area contributed by atoms with Crippen molar-refractivity contribution in [2.24, 2.45) is 20.5 Å². The van der Waals surface area contributed by atoms with Crippen molar-refractivity contribution in [1.82, 2.24) is 15.0 Å². The first kappa shape index (κ1) is 53.9. The smallest absolute Gasteiger partial charge is 0.296 e. The highest BCUT2D eigenvalue weighted by molar-refractivity contribution is 7.94. The number of fused-ring (bicyclic) bond motifs is 1. The maximum absolute atomic E-state index is 12.2. The fraction of sp³-hybridized carbons (Fsp3) is 0.139. The number of nitrogens with zero attached hydrogens (tertiary/aromatic N) is 7. The van der Waals surface area contributed by atoms with Gasteiger partial charge in [-0.25, -0.2) is 5.26 Å². The van der Waals surface area contributed by atoms with Gasteiger partial charge < -0.3 is 20.7 Å². The molecule has 0 radical (unpaired) electrons. The lowest BCUT2D eigenvalue weighted by Gasteiger charge is -2.15. The summed E-state index contributed by atoms with van der Waals surface area (Å²) in [6.07, 6.45) is -0.199. The SMILES string of the molecule is O=S(=O)(O)CCCOc1cc(N=Nc2ccc(SOOO)cc2S(=O)(=O)O)ccc1Nc1nc(NCCS(=O)(=O)O)nc(Nc2ccc(N=Nc3cc(S(=O)(=O)O)c4cccc(S(=O)(=O)O)c4c3)cc2)n1. The minimum absolute atomic E-state index is 0.0111. The van der Waals surface area contributed by atoms with Crippen LogP contribution in [-0.2, 0) is 60.0 Å². The van der Waals surface area contributed by atoms with Crippen molar-refractivity contribution in [2.75, 3.05) is 40.6 Å². The normalized spacial score (nSPS) is 12.7. The lowest BCUT2D eigenvalue weighted by Crippen LogP contribution is -2.17. The highest BCUT2D eigenvalue weighted by Crippen LogP contribution is 2.37. The first-order valence-corrected chi connectivity index (χ1v) is 27.4. The van der Waals surface area contributed by atoms with Crippen molar-refractivity contribution in [3.8, 4) is 5.75 Å². The van der Waals surface area contributed by atoms with Crippen molar-refractivity contribution in [1.29, 1.82) is 0 Å². The molecule has 0 aliphatic heterocycles. The van der Waals surface area contributed by atoms with Crippen LogP contribution >= 0.6 is 12.0 Å². The predicted molar refractivity (Wildman–Crippen MR) is 250 cm³/mol. The van der Waals surface area contributed by atoms with Gasteiger partial charge >= 0.3 is 0 Å². The van der Waals surface area contributed by atoms with Crippen LogP contribution in [0, 0.1) is 0 Å². The van der Waals surface area contributed by atoms with Gasteiger partial charge in [-0.1, -0.05) is 17.2 Å². The highest BCUT2D eigenvalue weighted by atomic mass is 32.2.